The number of hydrogen-bond donors (Lipinski definition) is 0. The van der Waals surface area contributed by atoms with Crippen LogP contribution in [0.25, 0.3) is 5.65 Å². The molecule has 2 heterocycles. The molecule has 4 heteroatoms. The average molecular weight is 266 g/mol. The van der Waals surface area contributed by atoms with Gasteiger partial charge in [0.05, 0.1) is 6.07 Å². The monoisotopic (exact) mass is 266 g/mol. The van der Waals surface area contributed by atoms with Crippen LogP contribution in [0, 0.1) is 13.8 Å². The number of fused-ring (bicyclic) bond motifs is 1. The van der Waals surface area contributed by atoms with Gasteiger partial charge in [0.15, 0.2) is 0 Å². The summed E-state index contributed by atoms with van der Waals surface area (Å²) in [6.45, 7) is 3.90. The second-order valence-corrected chi connectivity index (χ2v) is 4.74. The third-order valence-corrected chi connectivity index (χ3v) is 3.07. The predicted molar refractivity (Wildman–Crippen MR) is 77.5 cm³/mol. The van der Waals surface area contributed by atoms with Gasteiger partial charge in [0.2, 0.25) is 5.88 Å². The van der Waals surface area contributed by atoms with E-state index in [1.807, 2.05) is 50.2 Å². The maximum absolute atomic E-state index is 12.1. The fourth-order valence-electron chi connectivity index (χ4n) is 2.09. The van der Waals surface area contributed by atoms with Crippen molar-refractivity contribution in [1.82, 2.24) is 9.38 Å². The molecule has 20 heavy (non-hydrogen) atoms. The predicted octanol–water partition coefficient (Wildman–Crippen LogP) is 3.10. The van der Waals surface area contributed by atoms with Crippen molar-refractivity contribution < 1.29 is 4.74 Å². The van der Waals surface area contributed by atoms with Gasteiger partial charge in [0.25, 0.3) is 5.56 Å². The Labute approximate surface area is 116 Å². The molecule has 100 valence electrons. The molecule has 0 unspecified atom stereocenters. The molecule has 0 aliphatic heterocycles. The number of nitrogens with zero attached hydrogens (tertiary/aromatic N) is 2. The molecule has 1 aromatic carbocycles. The van der Waals surface area contributed by atoms with Crippen molar-refractivity contribution in [3.63, 3.8) is 0 Å². The minimum Gasteiger partial charge on any atom is -0.439 e. The SMILES string of the molecule is Cc1cccc(Oc2cc(=O)n3cccc(C)c3n2)c1. The molecule has 0 aliphatic carbocycles. The maximum atomic E-state index is 12.1. The van der Waals surface area contributed by atoms with Gasteiger partial charge in [0, 0.05) is 6.20 Å². The molecule has 0 aliphatic rings. The maximum Gasteiger partial charge on any atom is 0.261 e. The molecule has 2 aromatic heterocycles. The van der Waals surface area contributed by atoms with Crippen molar-refractivity contribution in [2.24, 2.45) is 0 Å². The molecule has 0 saturated carbocycles. The molecule has 0 N–H and O–H groups in total. The van der Waals surface area contributed by atoms with Gasteiger partial charge >= 0.3 is 0 Å². The van der Waals surface area contributed by atoms with Crippen molar-refractivity contribution in [2.45, 2.75) is 13.8 Å². The molecule has 3 aromatic rings. The van der Waals surface area contributed by atoms with Crippen LogP contribution in [0.15, 0.2) is 53.5 Å². The van der Waals surface area contributed by atoms with Gasteiger partial charge in [-0.05, 0) is 43.2 Å². The van der Waals surface area contributed by atoms with Gasteiger partial charge in [-0.3, -0.25) is 9.20 Å². The fourth-order valence-corrected chi connectivity index (χ4v) is 2.09. The minimum atomic E-state index is -0.152. The highest BCUT2D eigenvalue weighted by Gasteiger charge is 2.06. The van der Waals surface area contributed by atoms with E-state index in [0.717, 1.165) is 11.1 Å². The lowest BCUT2D eigenvalue weighted by Gasteiger charge is -2.08. The fraction of sp³-hybridized carbons (Fsp3) is 0.125. The number of benzene rings is 1. The minimum absolute atomic E-state index is 0.152. The highest BCUT2D eigenvalue weighted by molar-refractivity contribution is 5.48. The van der Waals surface area contributed by atoms with E-state index in [4.69, 9.17) is 4.74 Å². The van der Waals surface area contributed by atoms with Crippen LogP contribution in [0.1, 0.15) is 11.1 Å². The van der Waals surface area contributed by atoms with E-state index in [9.17, 15) is 4.79 Å². The number of hydrogen-bond acceptors (Lipinski definition) is 3. The third kappa shape index (κ3) is 2.28. The zero-order valence-corrected chi connectivity index (χ0v) is 11.3. The Kier molecular flexibility index (Phi) is 2.99. The molecular weight excluding hydrogens is 252 g/mol. The molecule has 0 radical (unpaired) electrons. The van der Waals surface area contributed by atoms with Gasteiger partial charge < -0.3 is 4.74 Å². The molecule has 0 spiro atoms. The summed E-state index contributed by atoms with van der Waals surface area (Å²) in [7, 11) is 0. The zero-order valence-electron chi connectivity index (χ0n) is 11.3. The van der Waals surface area contributed by atoms with Gasteiger partial charge in [-0.1, -0.05) is 18.2 Å². The molecule has 4 nitrogen and oxygen atoms in total. The van der Waals surface area contributed by atoms with Crippen LogP contribution in [0.2, 0.25) is 0 Å². The summed E-state index contributed by atoms with van der Waals surface area (Å²) in [5.74, 6) is 0.990. The van der Waals surface area contributed by atoms with E-state index >= 15 is 0 Å². The van der Waals surface area contributed by atoms with Crippen LogP contribution < -0.4 is 10.3 Å². The normalized spacial score (nSPS) is 10.7. The van der Waals surface area contributed by atoms with Gasteiger partial charge in [-0.15, -0.1) is 0 Å². The van der Waals surface area contributed by atoms with Crippen LogP contribution in [-0.4, -0.2) is 9.38 Å². The Bertz CT molecular complexity index is 837. The first-order chi connectivity index (χ1) is 9.63. The van der Waals surface area contributed by atoms with Crippen molar-refractivity contribution in [1.29, 1.82) is 0 Å². The van der Waals surface area contributed by atoms with Crippen LogP contribution in [0.3, 0.4) is 0 Å². The summed E-state index contributed by atoms with van der Waals surface area (Å²) in [4.78, 5) is 16.5. The van der Waals surface area contributed by atoms with Crippen molar-refractivity contribution >= 4 is 5.65 Å². The van der Waals surface area contributed by atoms with Crippen LogP contribution >= 0.6 is 0 Å². The average Bonchev–Trinajstić information content (AvgIpc) is 2.40. The van der Waals surface area contributed by atoms with E-state index in [0.29, 0.717) is 17.3 Å². The second kappa shape index (κ2) is 4.81. The first kappa shape index (κ1) is 12.4. The van der Waals surface area contributed by atoms with Gasteiger partial charge in [-0.2, -0.15) is 4.98 Å². The van der Waals surface area contributed by atoms with E-state index in [1.165, 1.54) is 10.5 Å². The van der Waals surface area contributed by atoms with Crippen LogP contribution in [0.5, 0.6) is 11.6 Å². The van der Waals surface area contributed by atoms with Gasteiger partial charge in [-0.25, -0.2) is 0 Å². The summed E-state index contributed by atoms with van der Waals surface area (Å²) in [5, 5.41) is 0. The number of pyridine rings is 1. The van der Waals surface area contributed by atoms with E-state index in [1.54, 1.807) is 6.20 Å². The zero-order chi connectivity index (χ0) is 14.1. The van der Waals surface area contributed by atoms with Crippen LogP contribution in [0.4, 0.5) is 0 Å². The summed E-state index contributed by atoms with van der Waals surface area (Å²) >= 11 is 0. The van der Waals surface area contributed by atoms with Gasteiger partial charge in [0.1, 0.15) is 11.4 Å². The second-order valence-electron chi connectivity index (χ2n) is 4.74. The Morgan fingerprint density at radius 2 is 1.95 bits per heavy atom. The van der Waals surface area contributed by atoms with E-state index in [-0.39, 0.29) is 5.56 Å². The third-order valence-electron chi connectivity index (χ3n) is 3.07. The van der Waals surface area contributed by atoms with Crippen molar-refractivity contribution in [2.75, 3.05) is 0 Å². The Balaban J connectivity index is 2.09. The summed E-state index contributed by atoms with van der Waals surface area (Å²) in [5.41, 5.74) is 2.49. The van der Waals surface area contributed by atoms with Crippen molar-refractivity contribution in [3.8, 4) is 11.6 Å². The molecule has 0 saturated heterocycles. The topological polar surface area (TPSA) is 43.6 Å². The Hall–Kier alpha value is -2.62. The van der Waals surface area contributed by atoms with E-state index in [2.05, 4.69) is 4.98 Å². The smallest absolute Gasteiger partial charge is 0.261 e. The first-order valence-electron chi connectivity index (χ1n) is 6.37. The summed E-state index contributed by atoms with van der Waals surface area (Å²) in [6.07, 6.45) is 1.70. The highest BCUT2D eigenvalue weighted by atomic mass is 16.5. The molecule has 3 rings (SSSR count). The number of rotatable bonds is 2. The Morgan fingerprint density at radius 1 is 1.10 bits per heavy atom. The quantitative estimate of drug-likeness (QED) is 0.716. The summed E-state index contributed by atoms with van der Waals surface area (Å²) in [6, 6.07) is 12.8. The molecule has 0 amide bonds. The molecule has 0 atom stereocenters. The number of aryl methyl sites for hydroxylation is 2. The molecule has 0 fully saturated rings. The summed E-state index contributed by atoms with van der Waals surface area (Å²) < 4.78 is 7.19. The molecule has 0 bridgehead atoms. The van der Waals surface area contributed by atoms with Crippen LogP contribution in [-0.2, 0) is 0 Å². The number of aromatic nitrogens is 2. The largest absolute Gasteiger partial charge is 0.439 e. The first-order valence-corrected chi connectivity index (χ1v) is 6.37. The lowest BCUT2D eigenvalue weighted by Crippen LogP contribution is -2.14. The Morgan fingerprint density at radius 3 is 2.75 bits per heavy atom. The molecular formula is C16H14N2O2. The number of ether oxygens (including phenoxy) is 1. The lowest BCUT2D eigenvalue weighted by molar-refractivity contribution is 0.462. The van der Waals surface area contributed by atoms with E-state index < -0.39 is 0 Å². The van der Waals surface area contributed by atoms with Crippen molar-refractivity contribution in [3.05, 3.63) is 70.1 Å². The standard InChI is InChI=1S/C16H14N2O2/c1-11-5-3-7-13(9-11)20-14-10-15(19)18-8-4-6-12(2)16(18)17-14/h3-10H,1-2H3. The highest BCUT2D eigenvalue weighted by Crippen LogP contribution is 2.20. The lowest BCUT2D eigenvalue weighted by atomic mass is 10.2.